The fourth-order valence-electron chi connectivity index (χ4n) is 4.79. The third kappa shape index (κ3) is 3.22. The van der Waals surface area contributed by atoms with Gasteiger partial charge in [-0.2, -0.15) is 0 Å². The summed E-state index contributed by atoms with van der Waals surface area (Å²) in [6.45, 7) is 13.3. The maximum atomic E-state index is 11.3. The molecule has 2 rings (SSSR count). The Morgan fingerprint density at radius 2 is 1.70 bits per heavy atom. The molecular weight excluding hydrogens is 248 g/mol. The monoisotopic (exact) mass is 282 g/mol. The van der Waals surface area contributed by atoms with Gasteiger partial charge in [-0.05, 0) is 65.2 Å². The molecule has 0 bridgehead atoms. The number of ether oxygens (including phenoxy) is 1. The second kappa shape index (κ2) is 5.28. The minimum atomic E-state index is -0.527. The van der Waals surface area contributed by atoms with Crippen molar-refractivity contribution in [2.24, 2.45) is 17.8 Å². The van der Waals surface area contributed by atoms with Gasteiger partial charge in [0.05, 0.1) is 16.8 Å². The Bertz CT molecular complexity index is 345. The van der Waals surface area contributed by atoms with Crippen LogP contribution in [0.4, 0.5) is 0 Å². The third-order valence-electron chi connectivity index (χ3n) is 5.80. The molecule has 1 N–H and O–H groups in total. The first kappa shape index (κ1) is 16.3. The molecule has 0 amide bonds. The predicted molar refractivity (Wildman–Crippen MR) is 83.7 cm³/mol. The fraction of sp³-hybridized carbons (Fsp3) is 1.00. The first-order valence-electron chi connectivity index (χ1n) is 8.48. The van der Waals surface area contributed by atoms with E-state index in [1.54, 1.807) is 0 Å². The first-order chi connectivity index (χ1) is 9.06. The van der Waals surface area contributed by atoms with Crippen LogP contribution in [0.1, 0.15) is 80.1 Å². The van der Waals surface area contributed by atoms with E-state index in [0.717, 1.165) is 37.5 Å². The highest BCUT2D eigenvalue weighted by Crippen LogP contribution is 2.51. The van der Waals surface area contributed by atoms with Gasteiger partial charge in [-0.25, -0.2) is 0 Å². The van der Waals surface area contributed by atoms with E-state index in [-0.39, 0.29) is 17.1 Å². The lowest BCUT2D eigenvalue weighted by Gasteiger charge is -2.40. The van der Waals surface area contributed by atoms with Crippen LogP contribution in [0.25, 0.3) is 0 Å². The highest BCUT2D eigenvalue weighted by molar-refractivity contribution is 5.04. The number of aliphatic hydroxyl groups is 1. The van der Waals surface area contributed by atoms with Gasteiger partial charge in [-0.15, -0.1) is 0 Å². The van der Waals surface area contributed by atoms with E-state index in [1.807, 2.05) is 0 Å². The van der Waals surface area contributed by atoms with Crippen molar-refractivity contribution in [3.8, 4) is 0 Å². The molecular formula is C18H34O2. The molecule has 20 heavy (non-hydrogen) atoms. The molecule has 1 saturated heterocycles. The number of rotatable bonds is 2. The molecule has 1 heterocycles. The maximum absolute atomic E-state index is 11.3. The normalized spacial score (nSPS) is 40.8. The van der Waals surface area contributed by atoms with Gasteiger partial charge < -0.3 is 9.84 Å². The lowest BCUT2D eigenvalue weighted by molar-refractivity contribution is -0.118. The molecule has 0 aromatic rings. The van der Waals surface area contributed by atoms with Crippen molar-refractivity contribution in [3.63, 3.8) is 0 Å². The van der Waals surface area contributed by atoms with Crippen LogP contribution in [0, 0.1) is 17.8 Å². The van der Waals surface area contributed by atoms with Crippen LogP contribution in [0.15, 0.2) is 0 Å². The summed E-state index contributed by atoms with van der Waals surface area (Å²) < 4.78 is 6.22. The van der Waals surface area contributed by atoms with E-state index >= 15 is 0 Å². The summed E-state index contributed by atoms with van der Waals surface area (Å²) in [7, 11) is 0. The molecule has 2 heteroatoms. The Hall–Kier alpha value is -0.0800. The summed E-state index contributed by atoms with van der Waals surface area (Å²) in [6, 6.07) is 0. The van der Waals surface area contributed by atoms with Gasteiger partial charge in [0.1, 0.15) is 0 Å². The quantitative estimate of drug-likeness (QED) is 0.753. The fourth-order valence-corrected chi connectivity index (χ4v) is 4.79. The molecule has 1 aliphatic carbocycles. The summed E-state index contributed by atoms with van der Waals surface area (Å²) >= 11 is 0. The van der Waals surface area contributed by atoms with Gasteiger partial charge in [0.25, 0.3) is 0 Å². The molecule has 1 saturated carbocycles. The van der Waals surface area contributed by atoms with Crippen LogP contribution >= 0.6 is 0 Å². The Labute approximate surface area is 125 Å². The van der Waals surface area contributed by atoms with E-state index in [9.17, 15) is 5.11 Å². The second-order valence-corrected chi connectivity index (χ2v) is 8.76. The van der Waals surface area contributed by atoms with Crippen LogP contribution in [-0.2, 0) is 4.74 Å². The van der Waals surface area contributed by atoms with E-state index in [2.05, 4.69) is 41.5 Å². The standard InChI is InChI=1S/C18H34O2/c1-13(2)14-8-7-10-18(19,11-9-14)15-12-16(3,4)20-17(15,5)6/h13-15,19H,7-12H2,1-6H3. The molecule has 0 aromatic carbocycles. The molecule has 118 valence electrons. The van der Waals surface area contributed by atoms with Crippen molar-refractivity contribution in [1.29, 1.82) is 0 Å². The van der Waals surface area contributed by atoms with Gasteiger partial charge in [-0.3, -0.25) is 0 Å². The lowest BCUT2D eigenvalue weighted by Crippen LogP contribution is -2.46. The number of hydrogen-bond acceptors (Lipinski definition) is 2. The second-order valence-electron chi connectivity index (χ2n) is 8.76. The molecule has 2 fully saturated rings. The highest BCUT2D eigenvalue weighted by Gasteiger charge is 2.54. The van der Waals surface area contributed by atoms with Gasteiger partial charge in [0.15, 0.2) is 0 Å². The first-order valence-corrected chi connectivity index (χ1v) is 8.48. The SMILES string of the molecule is CC(C)C1CCCC(O)(C2CC(C)(C)OC2(C)C)CC1. The molecule has 2 nitrogen and oxygen atoms in total. The largest absolute Gasteiger partial charge is 0.389 e. The Morgan fingerprint density at radius 3 is 2.20 bits per heavy atom. The molecule has 2 aliphatic rings. The summed E-state index contributed by atoms with van der Waals surface area (Å²) in [5, 5.41) is 11.3. The van der Waals surface area contributed by atoms with Crippen molar-refractivity contribution < 1.29 is 9.84 Å². The summed E-state index contributed by atoms with van der Waals surface area (Å²) in [4.78, 5) is 0. The molecule has 3 unspecified atom stereocenters. The summed E-state index contributed by atoms with van der Waals surface area (Å²) in [5.41, 5.74) is -0.843. The summed E-state index contributed by atoms with van der Waals surface area (Å²) in [5.74, 6) is 1.78. The van der Waals surface area contributed by atoms with Crippen molar-refractivity contribution in [3.05, 3.63) is 0 Å². The average Bonchev–Trinajstić information content (AvgIpc) is 2.45. The van der Waals surface area contributed by atoms with Gasteiger partial charge in [0.2, 0.25) is 0 Å². The zero-order valence-electron chi connectivity index (χ0n) is 14.3. The predicted octanol–water partition coefficient (Wildman–Crippen LogP) is 4.55. The van der Waals surface area contributed by atoms with Crippen molar-refractivity contribution in [2.45, 2.75) is 96.9 Å². The Balaban J connectivity index is 2.14. The lowest BCUT2D eigenvalue weighted by atomic mass is 9.71. The Morgan fingerprint density at radius 1 is 1.05 bits per heavy atom. The van der Waals surface area contributed by atoms with Crippen LogP contribution in [0.3, 0.4) is 0 Å². The molecule has 0 radical (unpaired) electrons. The molecule has 1 aliphatic heterocycles. The van der Waals surface area contributed by atoms with Crippen LogP contribution in [0.2, 0.25) is 0 Å². The van der Waals surface area contributed by atoms with E-state index in [0.29, 0.717) is 0 Å². The summed E-state index contributed by atoms with van der Waals surface area (Å²) in [6.07, 6.45) is 6.47. The topological polar surface area (TPSA) is 29.5 Å². The van der Waals surface area contributed by atoms with Crippen LogP contribution < -0.4 is 0 Å². The molecule has 0 aromatic heterocycles. The minimum Gasteiger partial charge on any atom is -0.389 e. The zero-order chi connectivity index (χ0) is 15.2. The zero-order valence-corrected chi connectivity index (χ0v) is 14.3. The van der Waals surface area contributed by atoms with E-state index < -0.39 is 5.60 Å². The van der Waals surface area contributed by atoms with Gasteiger partial charge in [-0.1, -0.05) is 26.7 Å². The third-order valence-corrected chi connectivity index (χ3v) is 5.80. The average molecular weight is 282 g/mol. The van der Waals surface area contributed by atoms with E-state index in [1.165, 1.54) is 12.8 Å². The molecule has 0 spiro atoms. The van der Waals surface area contributed by atoms with Crippen molar-refractivity contribution in [2.75, 3.05) is 0 Å². The maximum Gasteiger partial charge on any atom is 0.0704 e. The Kier molecular flexibility index (Phi) is 4.30. The number of hydrogen-bond donors (Lipinski definition) is 1. The highest BCUT2D eigenvalue weighted by atomic mass is 16.5. The van der Waals surface area contributed by atoms with Crippen molar-refractivity contribution >= 4 is 0 Å². The van der Waals surface area contributed by atoms with Gasteiger partial charge >= 0.3 is 0 Å². The minimum absolute atomic E-state index is 0.104. The van der Waals surface area contributed by atoms with Crippen LogP contribution in [-0.4, -0.2) is 21.9 Å². The smallest absolute Gasteiger partial charge is 0.0704 e. The van der Waals surface area contributed by atoms with Crippen molar-refractivity contribution in [1.82, 2.24) is 0 Å². The van der Waals surface area contributed by atoms with E-state index in [4.69, 9.17) is 4.74 Å². The molecule has 3 atom stereocenters. The van der Waals surface area contributed by atoms with Crippen LogP contribution in [0.5, 0.6) is 0 Å². The van der Waals surface area contributed by atoms with Gasteiger partial charge in [0, 0.05) is 5.92 Å².